The van der Waals surface area contributed by atoms with Gasteiger partial charge in [-0.1, -0.05) is 6.07 Å². The van der Waals surface area contributed by atoms with Crippen LogP contribution in [0.4, 0.5) is 5.69 Å². The molecule has 0 bridgehead atoms. The van der Waals surface area contributed by atoms with Crippen LogP contribution < -0.4 is 10.6 Å². The van der Waals surface area contributed by atoms with E-state index in [1.807, 2.05) is 0 Å². The number of hydrogen-bond acceptors (Lipinski definition) is 7. The minimum atomic E-state index is -1.01. The fraction of sp³-hybridized carbons (Fsp3) is 0.450. The minimum Gasteiger partial charge on any atom is -0.481 e. The Bertz CT molecular complexity index is 938. The number of amides is 4. The number of carbonyl (C=O) groups excluding carboxylic acids is 4. The van der Waals surface area contributed by atoms with Gasteiger partial charge in [-0.25, -0.2) is 0 Å². The number of piperidine rings is 1. The molecule has 1 saturated heterocycles. The monoisotopic (exact) mass is 415 g/mol. The van der Waals surface area contributed by atoms with Gasteiger partial charge in [-0.3, -0.25) is 34.2 Å². The average molecular weight is 415 g/mol. The van der Waals surface area contributed by atoms with Crippen molar-refractivity contribution in [2.45, 2.75) is 37.8 Å². The number of carboxylic acid groups (broad SMARTS) is 1. The molecule has 1 saturated carbocycles. The summed E-state index contributed by atoms with van der Waals surface area (Å²) in [4.78, 5) is 61.0. The molecule has 30 heavy (non-hydrogen) atoms. The summed E-state index contributed by atoms with van der Waals surface area (Å²) >= 11 is 0. The lowest BCUT2D eigenvalue weighted by Crippen LogP contribution is -2.54. The second-order valence-electron chi connectivity index (χ2n) is 7.60. The molecule has 10 heteroatoms. The third-order valence-electron chi connectivity index (χ3n) is 5.68. The summed E-state index contributed by atoms with van der Waals surface area (Å²) in [5, 5.41) is 14.1. The SMILES string of the molecule is O=C1CCC(N2C(=O)c3cccc(NCCO[C@H]4C[C@@H](C(=O)O)C4)c3C2=O)C(=O)N1. The van der Waals surface area contributed by atoms with Crippen LogP contribution in [0.25, 0.3) is 0 Å². The lowest BCUT2D eigenvalue weighted by molar-refractivity contribution is -0.151. The second-order valence-corrected chi connectivity index (χ2v) is 7.60. The van der Waals surface area contributed by atoms with Gasteiger partial charge in [0, 0.05) is 18.7 Å². The van der Waals surface area contributed by atoms with Crippen molar-refractivity contribution in [1.82, 2.24) is 10.2 Å². The molecule has 158 valence electrons. The van der Waals surface area contributed by atoms with E-state index >= 15 is 0 Å². The summed E-state index contributed by atoms with van der Waals surface area (Å²) in [6.45, 7) is 0.685. The number of fused-ring (bicyclic) bond motifs is 1. The van der Waals surface area contributed by atoms with Crippen molar-refractivity contribution < 1.29 is 33.8 Å². The molecule has 1 atom stereocenters. The van der Waals surface area contributed by atoms with Gasteiger partial charge in [0.15, 0.2) is 0 Å². The summed E-state index contributed by atoms with van der Waals surface area (Å²) in [6, 6.07) is 3.84. The molecule has 1 aliphatic carbocycles. The number of nitrogens with one attached hydrogen (secondary N) is 2. The van der Waals surface area contributed by atoms with E-state index in [4.69, 9.17) is 9.84 Å². The zero-order valence-electron chi connectivity index (χ0n) is 16.1. The molecule has 0 aromatic heterocycles. The molecule has 10 nitrogen and oxygen atoms in total. The highest BCUT2D eigenvalue weighted by molar-refractivity contribution is 6.25. The molecular formula is C20H21N3O7. The summed E-state index contributed by atoms with van der Waals surface area (Å²) in [7, 11) is 0. The van der Waals surface area contributed by atoms with Crippen molar-refractivity contribution >= 4 is 35.3 Å². The van der Waals surface area contributed by atoms with E-state index in [-0.39, 0.29) is 36.0 Å². The maximum Gasteiger partial charge on any atom is 0.306 e. The van der Waals surface area contributed by atoms with Crippen molar-refractivity contribution in [1.29, 1.82) is 0 Å². The van der Waals surface area contributed by atoms with Crippen LogP contribution in [0.15, 0.2) is 18.2 Å². The number of carboxylic acids is 1. The first-order valence-corrected chi connectivity index (χ1v) is 9.79. The smallest absolute Gasteiger partial charge is 0.306 e. The van der Waals surface area contributed by atoms with Crippen LogP contribution in [-0.4, -0.2) is 64.9 Å². The normalized spacial score (nSPS) is 25.6. The number of nitrogens with zero attached hydrogens (tertiary/aromatic N) is 1. The predicted octanol–water partition coefficient (Wildman–Crippen LogP) is 0.380. The van der Waals surface area contributed by atoms with Crippen molar-refractivity contribution in [3.05, 3.63) is 29.3 Å². The van der Waals surface area contributed by atoms with Crippen LogP contribution in [0.3, 0.4) is 0 Å². The largest absolute Gasteiger partial charge is 0.481 e. The van der Waals surface area contributed by atoms with Gasteiger partial charge in [0.1, 0.15) is 6.04 Å². The third-order valence-corrected chi connectivity index (χ3v) is 5.68. The average Bonchev–Trinajstić information content (AvgIpc) is 2.91. The lowest BCUT2D eigenvalue weighted by atomic mass is 9.82. The van der Waals surface area contributed by atoms with Gasteiger partial charge in [-0.2, -0.15) is 0 Å². The number of carbonyl (C=O) groups is 5. The Morgan fingerprint density at radius 3 is 2.67 bits per heavy atom. The predicted molar refractivity (Wildman–Crippen MR) is 102 cm³/mol. The third kappa shape index (κ3) is 3.54. The van der Waals surface area contributed by atoms with Crippen LogP contribution in [0.1, 0.15) is 46.4 Å². The Labute approximate surface area is 171 Å². The molecule has 3 N–H and O–H groups in total. The second kappa shape index (κ2) is 7.86. The Morgan fingerprint density at radius 2 is 1.97 bits per heavy atom. The quantitative estimate of drug-likeness (QED) is 0.429. The molecule has 2 fully saturated rings. The van der Waals surface area contributed by atoms with E-state index in [2.05, 4.69) is 10.6 Å². The summed E-state index contributed by atoms with van der Waals surface area (Å²) in [6.07, 6.45) is 1.07. The molecule has 4 amide bonds. The summed E-state index contributed by atoms with van der Waals surface area (Å²) in [5.74, 6) is -3.35. The fourth-order valence-corrected chi connectivity index (χ4v) is 3.98. The van der Waals surface area contributed by atoms with E-state index < -0.39 is 35.6 Å². The Kier molecular flexibility index (Phi) is 5.25. The number of hydrogen-bond donors (Lipinski definition) is 3. The van der Waals surface area contributed by atoms with Gasteiger partial charge >= 0.3 is 5.97 Å². The van der Waals surface area contributed by atoms with Crippen molar-refractivity contribution in [2.24, 2.45) is 5.92 Å². The highest BCUT2D eigenvalue weighted by atomic mass is 16.5. The maximum atomic E-state index is 13.0. The zero-order valence-corrected chi connectivity index (χ0v) is 16.1. The number of anilines is 1. The lowest BCUT2D eigenvalue weighted by Gasteiger charge is -2.32. The number of imide groups is 2. The number of benzene rings is 1. The van der Waals surface area contributed by atoms with Crippen LogP contribution in [0.5, 0.6) is 0 Å². The molecule has 0 radical (unpaired) electrons. The van der Waals surface area contributed by atoms with E-state index in [0.717, 1.165) is 4.90 Å². The molecule has 2 aliphatic heterocycles. The Balaban J connectivity index is 1.39. The molecule has 1 aromatic rings. The van der Waals surface area contributed by atoms with Crippen molar-refractivity contribution in [2.75, 3.05) is 18.5 Å². The molecule has 4 rings (SSSR count). The topological polar surface area (TPSA) is 142 Å². The van der Waals surface area contributed by atoms with Gasteiger partial charge < -0.3 is 15.2 Å². The van der Waals surface area contributed by atoms with Crippen LogP contribution in [0, 0.1) is 5.92 Å². The Hall–Kier alpha value is -3.27. The van der Waals surface area contributed by atoms with Crippen LogP contribution >= 0.6 is 0 Å². The van der Waals surface area contributed by atoms with Gasteiger partial charge in [0.25, 0.3) is 11.8 Å². The highest BCUT2D eigenvalue weighted by Gasteiger charge is 2.45. The highest BCUT2D eigenvalue weighted by Crippen LogP contribution is 2.33. The molecule has 3 aliphatic rings. The maximum absolute atomic E-state index is 13.0. The number of rotatable bonds is 7. The molecule has 0 spiro atoms. The summed E-state index contributed by atoms with van der Waals surface area (Å²) < 4.78 is 5.61. The van der Waals surface area contributed by atoms with E-state index in [1.165, 1.54) is 6.07 Å². The van der Waals surface area contributed by atoms with Crippen LogP contribution in [-0.2, 0) is 19.1 Å². The first-order valence-electron chi connectivity index (χ1n) is 9.79. The molecule has 1 unspecified atom stereocenters. The first-order chi connectivity index (χ1) is 14.4. The van der Waals surface area contributed by atoms with Gasteiger partial charge in [-0.15, -0.1) is 0 Å². The first kappa shape index (κ1) is 20.0. The fourth-order valence-electron chi connectivity index (χ4n) is 3.98. The standard InChI is InChI=1S/C20H21N3O7/c24-15-5-4-14(17(25)22-15)23-18(26)12-2-1-3-13(16(12)19(23)27)21-6-7-30-11-8-10(9-11)20(28)29/h1-3,10-11,14,21H,4-9H2,(H,28,29)(H,22,24,25)/t10-,11+,14?. The molecular weight excluding hydrogens is 394 g/mol. The molecule has 1 aromatic carbocycles. The minimum absolute atomic E-state index is 0.0656. The van der Waals surface area contributed by atoms with E-state index in [1.54, 1.807) is 12.1 Å². The van der Waals surface area contributed by atoms with Gasteiger partial charge in [0.2, 0.25) is 11.8 Å². The van der Waals surface area contributed by atoms with Crippen molar-refractivity contribution in [3.63, 3.8) is 0 Å². The van der Waals surface area contributed by atoms with Crippen LogP contribution in [0.2, 0.25) is 0 Å². The Morgan fingerprint density at radius 1 is 1.20 bits per heavy atom. The zero-order chi connectivity index (χ0) is 21.4. The van der Waals surface area contributed by atoms with Gasteiger partial charge in [-0.05, 0) is 31.4 Å². The number of ether oxygens (including phenoxy) is 1. The number of aliphatic carboxylic acids is 1. The van der Waals surface area contributed by atoms with Crippen molar-refractivity contribution in [3.8, 4) is 0 Å². The summed E-state index contributed by atoms with van der Waals surface area (Å²) in [5.41, 5.74) is 0.863. The van der Waals surface area contributed by atoms with E-state index in [9.17, 15) is 24.0 Å². The van der Waals surface area contributed by atoms with E-state index in [0.29, 0.717) is 31.7 Å². The molecule has 2 heterocycles. The van der Waals surface area contributed by atoms with Gasteiger partial charge in [0.05, 0.1) is 29.8 Å².